The highest BCUT2D eigenvalue weighted by Gasteiger charge is 2.36. The van der Waals surface area contributed by atoms with Crippen molar-refractivity contribution in [1.29, 1.82) is 0 Å². The van der Waals surface area contributed by atoms with Gasteiger partial charge in [-0.05, 0) is 72.7 Å². The van der Waals surface area contributed by atoms with E-state index in [-0.39, 0.29) is 17.2 Å². The standard InChI is InChI=1S/C26H19Cl3N2O5/c1-2-35-18-7-5-17(6-8-18)31-25(33)19(24(32)30-26(31)34)11-15-4-10-23(22(29)12-15)36-14-16-3-9-20(27)21(28)13-16/h3-13H,2,14H2,1H3,(H,30,32,34)/b19-11+. The summed E-state index contributed by atoms with van der Waals surface area (Å²) in [5.74, 6) is -0.572. The maximum absolute atomic E-state index is 13.1. The highest BCUT2D eigenvalue weighted by molar-refractivity contribution is 6.42. The second-order valence-electron chi connectivity index (χ2n) is 7.61. The van der Waals surface area contributed by atoms with Crippen molar-refractivity contribution in [2.75, 3.05) is 11.5 Å². The van der Waals surface area contributed by atoms with Gasteiger partial charge in [0.2, 0.25) is 0 Å². The third kappa shape index (κ3) is 5.65. The SMILES string of the molecule is CCOc1ccc(N2C(=O)NC(=O)/C(=C\c3ccc(OCc4ccc(Cl)c(Cl)c4)c(Cl)c3)C2=O)cc1. The molecule has 1 aliphatic heterocycles. The lowest BCUT2D eigenvalue weighted by molar-refractivity contribution is -0.122. The average molecular weight is 546 g/mol. The van der Waals surface area contributed by atoms with Crippen LogP contribution >= 0.6 is 34.8 Å². The first-order valence-electron chi connectivity index (χ1n) is 10.8. The Morgan fingerprint density at radius 1 is 0.861 bits per heavy atom. The first-order chi connectivity index (χ1) is 17.3. The highest BCUT2D eigenvalue weighted by atomic mass is 35.5. The van der Waals surface area contributed by atoms with Crippen LogP contribution in [0.1, 0.15) is 18.1 Å². The molecule has 184 valence electrons. The number of imide groups is 2. The van der Waals surface area contributed by atoms with Crippen molar-refractivity contribution in [3.05, 3.63) is 92.4 Å². The van der Waals surface area contributed by atoms with Gasteiger partial charge in [-0.1, -0.05) is 46.9 Å². The number of anilines is 1. The van der Waals surface area contributed by atoms with Gasteiger partial charge in [-0.25, -0.2) is 9.69 Å². The Morgan fingerprint density at radius 2 is 1.61 bits per heavy atom. The first-order valence-corrected chi connectivity index (χ1v) is 11.9. The molecule has 1 N–H and O–H groups in total. The van der Waals surface area contributed by atoms with E-state index in [2.05, 4.69) is 5.32 Å². The van der Waals surface area contributed by atoms with E-state index in [1.165, 1.54) is 6.08 Å². The number of carbonyl (C=O) groups is 3. The fourth-order valence-corrected chi connectivity index (χ4v) is 4.00. The van der Waals surface area contributed by atoms with Crippen molar-refractivity contribution < 1.29 is 23.9 Å². The molecule has 4 amide bonds. The van der Waals surface area contributed by atoms with E-state index < -0.39 is 17.8 Å². The number of rotatable bonds is 7. The van der Waals surface area contributed by atoms with Gasteiger partial charge in [0, 0.05) is 0 Å². The lowest BCUT2D eigenvalue weighted by Gasteiger charge is -2.26. The number of barbiturate groups is 1. The molecule has 0 unspecified atom stereocenters. The Kier molecular flexibility index (Phi) is 7.84. The van der Waals surface area contributed by atoms with Gasteiger partial charge in [-0.3, -0.25) is 14.9 Å². The highest BCUT2D eigenvalue weighted by Crippen LogP contribution is 2.30. The average Bonchev–Trinajstić information content (AvgIpc) is 2.84. The smallest absolute Gasteiger partial charge is 0.335 e. The summed E-state index contributed by atoms with van der Waals surface area (Å²) < 4.78 is 11.1. The normalized spacial score (nSPS) is 14.7. The molecule has 0 spiro atoms. The number of halogens is 3. The molecule has 0 bridgehead atoms. The second-order valence-corrected chi connectivity index (χ2v) is 8.83. The Hall–Kier alpha value is -3.52. The fourth-order valence-electron chi connectivity index (χ4n) is 3.43. The van der Waals surface area contributed by atoms with Crippen molar-refractivity contribution in [2.24, 2.45) is 0 Å². The number of hydrogen-bond donors (Lipinski definition) is 1. The Morgan fingerprint density at radius 3 is 2.28 bits per heavy atom. The summed E-state index contributed by atoms with van der Waals surface area (Å²) in [5, 5.41) is 3.32. The van der Waals surface area contributed by atoms with E-state index in [0.29, 0.717) is 39.4 Å². The van der Waals surface area contributed by atoms with Crippen molar-refractivity contribution >= 4 is 64.4 Å². The summed E-state index contributed by atoms with van der Waals surface area (Å²) in [4.78, 5) is 38.8. The molecule has 0 saturated carbocycles. The zero-order valence-corrected chi connectivity index (χ0v) is 21.2. The van der Waals surface area contributed by atoms with Crippen LogP contribution in [-0.4, -0.2) is 24.5 Å². The number of urea groups is 1. The van der Waals surface area contributed by atoms with E-state index in [9.17, 15) is 14.4 Å². The minimum absolute atomic E-state index is 0.205. The van der Waals surface area contributed by atoms with Gasteiger partial charge in [0.1, 0.15) is 23.7 Å². The molecule has 1 saturated heterocycles. The number of nitrogens with one attached hydrogen (secondary N) is 1. The molecule has 3 aromatic rings. The Labute approximate surface area is 222 Å². The van der Waals surface area contributed by atoms with Crippen molar-refractivity contribution in [3.63, 3.8) is 0 Å². The predicted molar refractivity (Wildman–Crippen MR) is 139 cm³/mol. The van der Waals surface area contributed by atoms with Crippen LogP contribution in [0.5, 0.6) is 11.5 Å². The van der Waals surface area contributed by atoms with Crippen molar-refractivity contribution in [1.82, 2.24) is 5.32 Å². The van der Waals surface area contributed by atoms with E-state index in [4.69, 9.17) is 44.3 Å². The molecule has 7 nitrogen and oxygen atoms in total. The molecule has 0 aromatic heterocycles. The first kappa shape index (κ1) is 25.6. The summed E-state index contributed by atoms with van der Waals surface area (Å²) >= 11 is 18.3. The van der Waals surface area contributed by atoms with E-state index >= 15 is 0 Å². The van der Waals surface area contributed by atoms with Crippen LogP contribution in [-0.2, 0) is 16.2 Å². The van der Waals surface area contributed by atoms with Gasteiger partial charge in [0.15, 0.2) is 0 Å². The summed E-state index contributed by atoms with van der Waals surface area (Å²) in [6.07, 6.45) is 1.36. The quantitative estimate of drug-likeness (QED) is 0.279. The molecular weight excluding hydrogens is 527 g/mol. The number of amides is 4. The minimum atomic E-state index is -0.838. The summed E-state index contributed by atoms with van der Waals surface area (Å²) in [6, 6.07) is 15.5. The van der Waals surface area contributed by atoms with Crippen LogP contribution in [0.15, 0.2) is 66.2 Å². The maximum Gasteiger partial charge on any atom is 0.335 e. The largest absolute Gasteiger partial charge is 0.494 e. The van der Waals surface area contributed by atoms with Gasteiger partial charge in [-0.15, -0.1) is 0 Å². The molecular formula is C26H19Cl3N2O5. The van der Waals surface area contributed by atoms with Gasteiger partial charge in [0.25, 0.3) is 11.8 Å². The molecule has 10 heteroatoms. The fraction of sp³-hybridized carbons (Fsp3) is 0.115. The number of hydrogen-bond acceptors (Lipinski definition) is 5. The lowest BCUT2D eigenvalue weighted by Crippen LogP contribution is -2.54. The monoisotopic (exact) mass is 544 g/mol. The van der Waals surface area contributed by atoms with Crippen molar-refractivity contribution in [3.8, 4) is 11.5 Å². The molecule has 3 aromatic carbocycles. The third-order valence-electron chi connectivity index (χ3n) is 5.15. The number of carbonyl (C=O) groups excluding carboxylic acids is 3. The molecule has 0 radical (unpaired) electrons. The lowest BCUT2D eigenvalue weighted by atomic mass is 10.1. The van der Waals surface area contributed by atoms with Crippen LogP contribution in [0, 0.1) is 0 Å². The minimum Gasteiger partial charge on any atom is -0.494 e. The molecule has 0 aliphatic carbocycles. The number of ether oxygens (including phenoxy) is 2. The zero-order chi connectivity index (χ0) is 25.8. The number of benzene rings is 3. The summed E-state index contributed by atoms with van der Waals surface area (Å²) in [5.41, 5.74) is 1.35. The van der Waals surface area contributed by atoms with Crippen molar-refractivity contribution in [2.45, 2.75) is 13.5 Å². The van der Waals surface area contributed by atoms with E-state index in [1.54, 1.807) is 60.7 Å². The Bertz CT molecular complexity index is 1370. The molecule has 4 rings (SSSR count). The Balaban J connectivity index is 1.53. The molecule has 1 fully saturated rings. The van der Waals surface area contributed by atoms with Gasteiger partial charge < -0.3 is 9.47 Å². The van der Waals surface area contributed by atoms with Crippen LogP contribution in [0.25, 0.3) is 6.08 Å². The molecule has 1 heterocycles. The van der Waals surface area contributed by atoms with E-state index in [0.717, 1.165) is 10.5 Å². The number of nitrogens with zero attached hydrogens (tertiary/aromatic N) is 1. The maximum atomic E-state index is 13.1. The van der Waals surface area contributed by atoms with Crippen LogP contribution in [0.4, 0.5) is 10.5 Å². The van der Waals surface area contributed by atoms with Crippen LogP contribution < -0.4 is 19.7 Å². The third-order valence-corrected chi connectivity index (χ3v) is 6.19. The molecule has 1 aliphatic rings. The van der Waals surface area contributed by atoms with Gasteiger partial charge in [-0.2, -0.15) is 0 Å². The summed E-state index contributed by atoms with van der Waals surface area (Å²) in [7, 11) is 0. The van der Waals surface area contributed by atoms with Gasteiger partial charge in [0.05, 0.1) is 27.4 Å². The van der Waals surface area contributed by atoms with Crippen LogP contribution in [0.3, 0.4) is 0 Å². The van der Waals surface area contributed by atoms with Gasteiger partial charge >= 0.3 is 6.03 Å². The molecule has 0 atom stereocenters. The van der Waals surface area contributed by atoms with E-state index in [1.807, 2.05) is 6.92 Å². The van der Waals surface area contributed by atoms with Crippen LogP contribution in [0.2, 0.25) is 15.1 Å². The molecule has 36 heavy (non-hydrogen) atoms. The topological polar surface area (TPSA) is 84.9 Å². The summed E-state index contributed by atoms with van der Waals surface area (Å²) in [6.45, 7) is 2.53. The second kappa shape index (κ2) is 11.0. The zero-order valence-electron chi connectivity index (χ0n) is 18.9. The predicted octanol–water partition coefficient (Wildman–Crippen LogP) is 6.29.